The van der Waals surface area contributed by atoms with E-state index in [9.17, 15) is 0 Å². The second-order valence-electron chi connectivity index (χ2n) is 12.2. The molecule has 42 heavy (non-hydrogen) atoms. The molecular formula is C40H27ClO. The molecule has 0 saturated heterocycles. The van der Waals surface area contributed by atoms with Crippen LogP contribution in [0.4, 0.5) is 0 Å². The molecule has 2 heteroatoms. The van der Waals surface area contributed by atoms with Gasteiger partial charge in [-0.15, -0.1) is 0 Å². The van der Waals surface area contributed by atoms with Crippen LogP contribution in [-0.2, 0) is 10.8 Å². The van der Waals surface area contributed by atoms with Crippen LogP contribution in [0.1, 0.15) is 47.2 Å². The van der Waals surface area contributed by atoms with E-state index >= 15 is 0 Å². The highest BCUT2D eigenvalue weighted by Crippen LogP contribution is 2.64. The number of halogens is 1. The maximum atomic E-state index is 6.56. The maximum Gasteiger partial charge on any atom is 0.132 e. The minimum absolute atomic E-state index is 0.151. The van der Waals surface area contributed by atoms with Crippen molar-refractivity contribution in [1.29, 1.82) is 0 Å². The lowest BCUT2D eigenvalue weighted by Crippen LogP contribution is -2.32. The first-order valence-electron chi connectivity index (χ1n) is 14.5. The van der Waals surface area contributed by atoms with Crippen LogP contribution in [0.2, 0.25) is 5.02 Å². The normalized spacial score (nSPS) is 15.6. The Bertz CT molecular complexity index is 2070. The highest BCUT2D eigenvalue weighted by molar-refractivity contribution is 6.30. The zero-order valence-corrected chi connectivity index (χ0v) is 24.2. The zero-order chi connectivity index (χ0) is 28.2. The van der Waals surface area contributed by atoms with E-state index in [1.165, 1.54) is 66.8 Å². The lowest BCUT2D eigenvalue weighted by Gasteiger charge is -2.40. The van der Waals surface area contributed by atoms with Crippen LogP contribution in [0.25, 0.3) is 33.4 Å². The van der Waals surface area contributed by atoms with E-state index in [2.05, 4.69) is 135 Å². The first-order chi connectivity index (χ1) is 20.5. The zero-order valence-electron chi connectivity index (χ0n) is 23.4. The smallest absolute Gasteiger partial charge is 0.132 e. The molecule has 0 saturated carbocycles. The SMILES string of the molecule is CC1(C)c2cc(Cl)ccc2-c2ccc(-c3cccc4c3C3(c5ccccc5Oc5ccccc53)c3ccccc3-4)cc21. The van der Waals surface area contributed by atoms with Gasteiger partial charge >= 0.3 is 0 Å². The van der Waals surface area contributed by atoms with Crippen LogP contribution in [0.5, 0.6) is 11.5 Å². The lowest BCUT2D eigenvalue weighted by atomic mass is 9.64. The highest BCUT2D eigenvalue weighted by atomic mass is 35.5. The molecule has 9 rings (SSSR count). The summed E-state index contributed by atoms with van der Waals surface area (Å²) in [5.41, 5.74) is 14.6. The average molecular weight is 559 g/mol. The van der Waals surface area contributed by atoms with E-state index in [-0.39, 0.29) is 5.41 Å². The van der Waals surface area contributed by atoms with E-state index in [0.717, 1.165) is 16.5 Å². The third kappa shape index (κ3) is 2.89. The fraction of sp³-hybridized carbons (Fsp3) is 0.100. The summed E-state index contributed by atoms with van der Waals surface area (Å²) in [6.45, 7) is 4.63. The van der Waals surface area contributed by atoms with Crippen LogP contribution in [0, 0.1) is 0 Å². The summed E-state index contributed by atoms with van der Waals surface area (Å²) < 4.78 is 6.56. The van der Waals surface area contributed by atoms with Gasteiger partial charge < -0.3 is 4.74 Å². The Kier molecular flexibility index (Phi) is 4.72. The monoisotopic (exact) mass is 558 g/mol. The molecule has 1 heterocycles. The van der Waals surface area contributed by atoms with Gasteiger partial charge in [-0.1, -0.05) is 123 Å². The molecule has 1 nitrogen and oxygen atoms in total. The molecule has 200 valence electrons. The molecule has 2 aliphatic carbocycles. The first kappa shape index (κ1) is 24.1. The van der Waals surface area contributed by atoms with E-state index in [0.29, 0.717) is 0 Å². The molecule has 0 N–H and O–H groups in total. The van der Waals surface area contributed by atoms with E-state index < -0.39 is 5.41 Å². The van der Waals surface area contributed by atoms with Crippen LogP contribution < -0.4 is 4.74 Å². The number of fused-ring (bicyclic) bond motifs is 12. The van der Waals surface area contributed by atoms with E-state index in [1.807, 2.05) is 6.07 Å². The Morgan fingerprint density at radius 3 is 1.76 bits per heavy atom. The van der Waals surface area contributed by atoms with Crippen molar-refractivity contribution in [2.24, 2.45) is 0 Å². The molecule has 0 unspecified atom stereocenters. The van der Waals surface area contributed by atoms with Gasteiger partial charge in [-0.3, -0.25) is 0 Å². The summed E-state index contributed by atoms with van der Waals surface area (Å²) in [7, 11) is 0. The molecule has 1 aliphatic heterocycles. The highest BCUT2D eigenvalue weighted by Gasteiger charge is 2.52. The molecular weight excluding hydrogens is 532 g/mol. The fourth-order valence-electron chi connectivity index (χ4n) is 8.03. The van der Waals surface area contributed by atoms with Gasteiger partial charge in [0.05, 0.1) is 5.41 Å². The molecule has 6 aromatic rings. The summed E-state index contributed by atoms with van der Waals surface area (Å²) in [6.07, 6.45) is 0. The third-order valence-electron chi connectivity index (χ3n) is 9.81. The molecule has 0 amide bonds. The van der Waals surface area contributed by atoms with Gasteiger partial charge in [0.2, 0.25) is 0 Å². The molecule has 0 atom stereocenters. The summed E-state index contributed by atoms with van der Waals surface area (Å²) in [5, 5.41) is 0.785. The molecule has 6 aromatic carbocycles. The van der Waals surface area contributed by atoms with E-state index in [4.69, 9.17) is 16.3 Å². The fourth-order valence-corrected chi connectivity index (χ4v) is 8.20. The number of hydrogen-bond acceptors (Lipinski definition) is 1. The standard InChI is InChI=1S/C40H27ClO/c1-39(2)34-22-24(18-20-28(34)29-21-19-25(41)23-35(29)39)26-11-9-12-30-27-10-3-4-13-31(27)40(38(26)30)32-14-5-7-16-36(32)42-37-17-8-6-15-33(37)40/h3-23H,1-2H3. The minimum Gasteiger partial charge on any atom is -0.457 e. The quantitative estimate of drug-likeness (QED) is 0.195. The number of benzene rings is 6. The van der Waals surface area contributed by atoms with Crippen molar-refractivity contribution in [3.05, 3.63) is 166 Å². The Hall–Kier alpha value is -4.59. The minimum atomic E-state index is -0.501. The summed E-state index contributed by atoms with van der Waals surface area (Å²) in [6, 6.07) is 46.2. The van der Waals surface area contributed by atoms with Gasteiger partial charge in [-0.25, -0.2) is 0 Å². The molecule has 3 aliphatic rings. The third-order valence-corrected chi connectivity index (χ3v) is 10.0. The van der Waals surface area contributed by atoms with Crippen molar-refractivity contribution < 1.29 is 4.74 Å². The average Bonchev–Trinajstić information content (AvgIpc) is 3.43. The Balaban J connectivity index is 1.38. The molecule has 0 fully saturated rings. The van der Waals surface area contributed by atoms with Gasteiger partial charge in [0.25, 0.3) is 0 Å². The van der Waals surface area contributed by atoms with Crippen LogP contribution in [-0.4, -0.2) is 0 Å². The van der Waals surface area contributed by atoms with Gasteiger partial charge in [-0.05, 0) is 86.0 Å². The van der Waals surface area contributed by atoms with Crippen molar-refractivity contribution in [3.8, 4) is 44.9 Å². The van der Waals surface area contributed by atoms with Crippen molar-refractivity contribution in [3.63, 3.8) is 0 Å². The Labute approximate surface area is 251 Å². The molecule has 1 spiro atoms. The second kappa shape index (κ2) is 8.25. The molecule has 0 radical (unpaired) electrons. The second-order valence-corrected chi connectivity index (χ2v) is 12.6. The van der Waals surface area contributed by atoms with Crippen molar-refractivity contribution in [1.82, 2.24) is 0 Å². The predicted octanol–water partition coefficient (Wildman–Crippen LogP) is 10.8. The van der Waals surface area contributed by atoms with Crippen molar-refractivity contribution in [2.75, 3.05) is 0 Å². The van der Waals surface area contributed by atoms with Crippen molar-refractivity contribution >= 4 is 11.6 Å². The van der Waals surface area contributed by atoms with E-state index in [1.54, 1.807) is 0 Å². The number of rotatable bonds is 1. The number of hydrogen-bond donors (Lipinski definition) is 0. The largest absolute Gasteiger partial charge is 0.457 e. The maximum absolute atomic E-state index is 6.56. The van der Waals surface area contributed by atoms with Crippen molar-refractivity contribution in [2.45, 2.75) is 24.7 Å². The van der Waals surface area contributed by atoms with Crippen LogP contribution in [0.3, 0.4) is 0 Å². The number of para-hydroxylation sites is 2. The number of ether oxygens (including phenoxy) is 1. The first-order valence-corrected chi connectivity index (χ1v) is 14.9. The Morgan fingerprint density at radius 1 is 0.476 bits per heavy atom. The summed E-state index contributed by atoms with van der Waals surface area (Å²) in [4.78, 5) is 0. The molecule has 0 bridgehead atoms. The van der Waals surface area contributed by atoms with Crippen LogP contribution in [0.15, 0.2) is 127 Å². The summed E-state index contributed by atoms with van der Waals surface area (Å²) in [5.74, 6) is 1.83. The van der Waals surface area contributed by atoms with Gasteiger partial charge in [0.1, 0.15) is 11.5 Å². The van der Waals surface area contributed by atoms with Crippen LogP contribution >= 0.6 is 11.6 Å². The Morgan fingerprint density at radius 2 is 1.02 bits per heavy atom. The lowest BCUT2D eigenvalue weighted by molar-refractivity contribution is 0.436. The van der Waals surface area contributed by atoms with Gasteiger partial charge in [0, 0.05) is 21.6 Å². The topological polar surface area (TPSA) is 9.23 Å². The van der Waals surface area contributed by atoms with Gasteiger partial charge in [0.15, 0.2) is 0 Å². The predicted molar refractivity (Wildman–Crippen MR) is 172 cm³/mol. The van der Waals surface area contributed by atoms with Gasteiger partial charge in [-0.2, -0.15) is 0 Å². The molecule has 0 aromatic heterocycles. The summed E-state index contributed by atoms with van der Waals surface area (Å²) >= 11 is 6.48.